The van der Waals surface area contributed by atoms with Crippen molar-refractivity contribution in [2.24, 2.45) is 0 Å². The molecule has 4 nitrogen and oxygen atoms in total. The van der Waals surface area contributed by atoms with E-state index in [1.807, 2.05) is 30.3 Å². The zero-order valence-electron chi connectivity index (χ0n) is 11.2. The second kappa shape index (κ2) is 5.74. The third kappa shape index (κ3) is 2.79. The molecule has 0 aliphatic carbocycles. The monoisotopic (exact) mass is 267 g/mol. The topological polar surface area (TPSA) is 45.2 Å². The van der Waals surface area contributed by atoms with Crippen molar-refractivity contribution >= 4 is 11.6 Å². The van der Waals surface area contributed by atoms with Gasteiger partial charge in [0.05, 0.1) is 12.2 Å². The van der Waals surface area contributed by atoms with Crippen LogP contribution in [0.5, 0.6) is 0 Å². The molecule has 0 fully saturated rings. The number of nitrogens with zero attached hydrogens (tertiary/aromatic N) is 2. The maximum Gasteiger partial charge on any atom is 0.222 e. The normalized spacial score (nSPS) is 15.0. The van der Waals surface area contributed by atoms with Gasteiger partial charge in [-0.25, -0.2) is 0 Å². The summed E-state index contributed by atoms with van der Waals surface area (Å²) in [7, 11) is 0. The van der Waals surface area contributed by atoms with Crippen LogP contribution in [0.4, 0.5) is 5.69 Å². The van der Waals surface area contributed by atoms with Gasteiger partial charge in [0.25, 0.3) is 0 Å². The highest BCUT2D eigenvalue weighted by Crippen LogP contribution is 2.23. The predicted octanol–water partition coefficient (Wildman–Crippen LogP) is 2.11. The van der Waals surface area contributed by atoms with E-state index in [-0.39, 0.29) is 5.91 Å². The van der Waals surface area contributed by atoms with E-state index in [0.717, 1.165) is 17.8 Å². The molecule has 0 unspecified atom stereocenters. The Morgan fingerprint density at radius 2 is 2.00 bits per heavy atom. The third-order valence-electron chi connectivity index (χ3n) is 3.50. The van der Waals surface area contributed by atoms with Crippen molar-refractivity contribution in [2.45, 2.75) is 19.5 Å². The summed E-state index contributed by atoms with van der Waals surface area (Å²) in [6.07, 6.45) is 2.32. The Morgan fingerprint density at radius 1 is 1.15 bits per heavy atom. The van der Waals surface area contributed by atoms with E-state index in [4.69, 9.17) is 0 Å². The number of fused-ring (bicyclic) bond motifs is 1. The van der Waals surface area contributed by atoms with Crippen molar-refractivity contribution in [3.63, 3.8) is 0 Å². The fourth-order valence-electron chi connectivity index (χ4n) is 2.46. The molecule has 102 valence electrons. The van der Waals surface area contributed by atoms with Gasteiger partial charge in [-0.2, -0.15) is 0 Å². The van der Waals surface area contributed by atoms with Crippen molar-refractivity contribution in [3.8, 4) is 0 Å². The summed E-state index contributed by atoms with van der Waals surface area (Å²) in [6, 6.07) is 14.1. The van der Waals surface area contributed by atoms with Gasteiger partial charge >= 0.3 is 0 Å². The summed E-state index contributed by atoms with van der Waals surface area (Å²) < 4.78 is 0. The van der Waals surface area contributed by atoms with Crippen molar-refractivity contribution in [3.05, 3.63) is 59.9 Å². The lowest BCUT2D eigenvalue weighted by Gasteiger charge is -2.28. The van der Waals surface area contributed by atoms with Crippen LogP contribution in [0.25, 0.3) is 0 Å². The van der Waals surface area contributed by atoms with Gasteiger partial charge in [-0.3, -0.25) is 9.78 Å². The minimum Gasteiger partial charge on any atom is -0.365 e. The molecule has 1 aromatic heterocycles. The predicted molar refractivity (Wildman–Crippen MR) is 78.2 cm³/mol. The number of hydrogen-bond acceptors (Lipinski definition) is 3. The molecule has 4 heteroatoms. The first-order chi connectivity index (χ1) is 9.83. The number of pyridine rings is 1. The lowest BCUT2D eigenvalue weighted by atomic mass is 10.1. The Labute approximate surface area is 118 Å². The zero-order valence-corrected chi connectivity index (χ0v) is 11.2. The van der Waals surface area contributed by atoms with Crippen molar-refractivity contribution in [1.29, 1.82) is 0 Å². The Bertz CT molecular complexity index is 598. The average molecular weight is 267 g/mol. The van der Waals surface area contributed by atoms with Gasteiger partial charge in [-0.1, -0.05) is 24.3 Å². The number of nitrogens with one attached hydrogen (secondary N) is 1. The highest BCUT2D eigenvalue weighted by molar-refractivity contribution is 5.77. The molecule has 0 bridgehead atoms. The number of benzene rings is 1. The van der Waals surface area contributed by atoms with E-state index in [1.54, 1.807) is 6.20 Å². The van der Waals surface area contributed by atoms with Crippen LogP contribution in [0, 0.1) is 0 Å². The number of aromatic nitrogens is 1. The van der Waals surface area contributed by atoms with Crippen LogP contribution in [-0.4, -0.2) is 17.4 Å². The van der Waals surface area contributed by atoms with Gasteiger partial charge in [0.2, 0.25) is 5.91 Å². The molecule has 2 aromatic rings. The molecule has 1 aliphatic rings. The average Bonchev–Trinajstić information content (AvgIpc) is 2.49. The van der Waals surface area contributed by atoms with E-state index >= 15 is 0 Å². The Kier molecular flexibility index (Phi) is 3.63. The van der Waals surface area contributed by atoms with Gasteiger partial charge in [0.1, 0.15) is 0 Å². The molecular formula is C16H17N3O. The number of para-hydroxylation sites is 1. The largest absolute Gasteiger partial charge is 0.365 e. The van der Waals surface area contributed by atoms with E-state index in [1.165, 1.54) is 5.69 Å². The number of anilines is 1. The third-order valence-corrected chi connectivity index (χ3v) is 3.50. The Hall–Kier alpha value is -2.36. The summed E-state index contributed by atoms with van der Waals surface area (Å²) >= 11 is 0. The summed E-state index contributed by atoms with van der Waals surface area (Å²) in [5, 5.41) is 2.94. The lowest BCUT2D eigenvalue weighted by molar-refractivity contribution is -0.121. The van der Waals surface area contributed by atoms with E-state index in [0.29, 0.717) is 19.5 Å². The summed E-state index contributed by atoms with van der Waals surface area (Å²) in [5.74, 6) is 0.102. The van der Waals surface area contributed by atoms with Gasteiger partial charge in [0.15, 0.2) is 0 Å². The van der Waals surface area contributed by atoms with Crippen LogP contribution in [0.3, 0.4) is 0 Å². The van der Waals surface area contributed by atoms with Gasteiger partial charge in [-0.15, -0.1) is 0 Å². The van der Waals surface area contributed by atoms with E-state index in [2.05, 4.69) is 27.3 Å². The molecule has 0 saturated carbocycles. The Balaban J connectivity index is 1.90. The summed E-state index contributed by atoms with van der Waals surface area (Å²) in [4.78, 5) is 18.3. The first-order valence-electron chi connectivity index (χ1n) is 6.82. The van der Waals surface area contributed by atoms with Crippen LogP contribution in [0.1, 0.15) is 17.7 Å². The van der Waals surface area contributed by atoms with E-state index in [9.17, 15) is 4.79 Å². The highest BCUT2D eigenvalue weighted by Gasteiger charge is 2.17. The maximum atomic E-state index is 11.7. The molecular weight excluding hydrogens is 250 g/mol. The minimum absolute atomic E-state index is 0.102. The SMILES string of the molecule is O=C1CCN(Cc2ccccn2)c2ccccc2CN1. The number of carbonyl (C=O) groups excluding carboxylic acids is 1. The zero-order chi connectivity index (χ0) is 13.8. The molecule has 20 heavy (non-hydrogen) atoms. The van der Waals surface area contributed by atoms with Crippen LogP contribution in [0.15, 0.2) is 48.7 Å². The second-order valence-corrected chi connectivity index (χ2v) is 4.90. The van der Waals surface area contributed by atoms with Gasteiger partial charge < -0.3 is 10.2 Å². The van der Waals surface area contributed by atoms with E-state index < -0.39 is 0 Å². The van der Waals surface area contributed by atoms with Crippen LogP contribution in [-0.2, 0) is 17.9 Å². The maximum absolute atomic E-state index is 11.7. The Morgan fingerprint density at radius 3 is 2.85 bits per heavy atom. The van der Waals surface area contributed by atoms with Crippen LogP contribution >= 0.6 is 0 Å². The lowest BCUT2D eigenvalue weighted by Crippen LogP contribution is -2.34. The molecule has 0 atom stereocenters. The smallest absolute Gasteiger partial charge is 0.222 e. The molecule has 0 spiro atoms. The fourth-order valence-corrected chi connectivity index (χ4v) is 2.46. The first-order valence-corrected chi connectivity index (χ1v) is 6.82. The molecule has 1 aliphatic heterocycles. The van der Waals surface area contributed by atoms with Crippen LogP contribution in [0.2, 0.25) is 0 Å². The van der Waals surface area contributed by atoms with Gasteiger partial charge in [0, 0.05) is 31.4 Å². The second-order valence-electron chi connectivity index (χ2n) is 4.90. The highest BCUT2D eigenvalue weighted by atomic mass is 16.1. The summed E-state index contributed by atoms with van der Waals surface area (Å²) in [5.41, 5.74) is 3.35. The van der Waals surface area contributed by atoms with Crippen molar-refractivity contribution < 1.29 is 4.79 Å². The molecule has 0 saturated heterocycles. The fraction of sp³-hybridized carbons (Fsp3) is 0.250. The number of rotatable bonds is 2. The molecule has 0 radical (unpaired) electrons. The first kappa shape index (κ1) is 12.7. The standard InChI is InChI=1S/C16H17N3O/c20-16-8-10-19(12-14-6-3-4-9-17-14)15-7-2-1-5-13(15)11-18-16/h1-7,9H,8,10-12H2,(H,18,20). The quantitative estimate of drug-likeness (QED) is 0.906. The number of hydrogen-bond donors (Lipinski definition) is 1. The molecule has 2 heterocycles. The number of carbonyl (C=O) groups is 1. The molecule has 1 aromatic carbocycles. The molecule has 1 N–H and O–H groups in total. The number of amides is 1. The summed E-state index contributed by atoms with van der Waals surface area (Å²) in [6.45, 7) is 2.03. The molecule has 3 rings (SSSR count). The minimum atomic E-state index is 0.102. The van der Waals surface area contributed by atoms with Gasteiger partial charge in [-0.05, 0) is 23.8 Å². The van der Waals surface area contributed by atoms with Crippen molar-refractivity contribution in [2.75, 3.05) is 11.4 Å². The molecule has 1 amide bonds. The van der Waals surface area contributed by atoms with Crippen molar-refractivity contribution in [1.82, 2.24) is 10.3 Å². The van der Waals surface area contributed by atoms with Crippen LogP contribution < -0.4 is 10.2 Å².